The molecule has 2 aromatic rings. The fourth-order valence-corrected chi connectivity index (χ4v) is 4.79. The van der Waals surface area contributed by atoms with Gasteiger partial charge >= 0.3 is 0 Å². The monoisotopic (exact) mass is 409 g/mol. The van der Waals surface area contributed by atoms with Gasteiger partial charge in [0.15, 0.2) is 5.37 Å². The number of thiocarbonyl (C=S) groups is 1. The highest BCUT2D eigenvalue weighted by Gasteiger charge is 2.28. The Kier molecular flexibility index (Phi) is 8.09. The van der Waals surface area contributed by atoms with Gasteiger partial charge < -0.3 is 10.1 Å². The van der Waals surface area contributed by atoms with Crippen molar-refractivity contribution >= 4 is 38.1 Å². The van der Waals surface area contributed by atoms with Crippen molar-refractivity contribution < 1.29 is 13.2 Å². The third kappa shape index (κ3) is 6.09. The molecule has 0 aliphatic rings. The van der Waals surface area contributed by atoms with Crippen LogP contribution < -0.4 is 5.32 Å². The zero-order chi connectivity index (χ0) is 19.0. The van der Waals surface area contributed by atoms with Gasteiger partial charge in [-0.25, -0.2) is 8.42 Å². The van der Waals surface area contributed by atoms with E-state index in [-0.39, 0.29) is 11.5 Å². The number of nitrogens with one attached hydrogen (secondary N) is 1. The van der Waals surface area contributed by atoms with Gasteiger partial charge in [0.2, 0.25) is 9.84 Å². The minimum Gasteiger partial charge on any atom is -0.374 e. The van der Waals surface area contributed by atoms with Crippen molar-refractivity contribution in [1.29, 1.82) is 0 Å². The highest BCUT2D eigenvalue weighted by Crippen LogP contribution is 2.18. The Morgan fingerprint density at radius 2 is 1.81 bits per heavy atom. The quantitative estimate of drug-likeness (QED) is 0.667. The van der Waals surface area contributed by atoms with Crippen LogP contribution in [0.3, 0.4) is 0 Å². The zero-order valence-electron chi connectivity index (χ0n) is 14.8. The van der Waals surface area contributed by atoms with Crippen LogP contribution >= 0.6 is 24.0 Å². The minimum atomic E-state index is -3.62. The first-order valence-corrected chi connectivity index (χ1v) is 11.2. The molecule has 2 aromatic carbocycles. The maximum absolute atomic E-state index is 13.0. The molecule has 0 heterocycles. The molecule has 0 aliphatic carbocycles. The third-order valence-electron chi connectivity index (χ3n) is 3.66. The van der Waals surface area contributed by atoms with Gasteiger partial charge in [-0.3, -0.25) is 0 Å². The number of benzene rings is 2. The maximum Gasteiger partial charge on any atom is 0.201 e. The van der Waals surface area contributed by atoms with Crippen LogP contribution in [0, 0.1) is 6.92 Å². The van der Waals surface area contributed by atoms with Crippen molar-refractivity contribution in [3.63, 3.8) is 0 Å². The Labute approximate surface area is 165 Å². The number of aryl methyl sites for hydroxylation is 1. The molecule has 4 nitrogen and oxygen atoms in total. The fourth-order valence-electron chi connectivity index (χ4n) is 2.26. The minimum absolute atomic E-state index is 0.00944. The molecule has 0 aromatic heterocycles. The molecule has 2 rings (SSSR count). The summed E-state index contributed by atoms with van der Waals surface area (Å²) in [7, 11) is -3.62. The molecular formula is C19H23NO3S3. The molecule has 7 heteroatoms. The lowest BCUT2D eigenvalue weighted by Gasteiger charge is -2.20. The summed E-state index contributed by atoms with van der Waals surface area (Å²) in [5.41, 5.74) is 2.00. The van der Waals surface area contributed by atoms with Gasteiger partial charge in [0.05, 0.1) is 18.1 Å². The third-order valence-corrected chi connectivity index (χ3v) is 6.73. The second-order valence-corrected chi connectivity index (χ2v) is 9.78. The Morgan fingerprint density at radius 1 is 1.15 bits per heavy atom. The smallest absolute Gasteiger partial charge is 0.201 e. The molecular weight excluding hydrogens is 386 g/mol. The van der Waals surface area contributed by atoms with Crippen LogP contribution in [0.15, 0.2) is 59.5 Å². The van der Waals surface area contributed by atoms with Crippen LogP contribution in [-0.4, -0.2) is 30.5 Å². The van der Waals surface area contributed by atoms with Crippen LogP contribution in [0.5, 0.6) is 0 Å². The molecule has 0 fully saturated rings. The van der Waals surface area contributed by atoms with Crippen LogP contribution in [0.25, 0.3) is 0 Å². The summed E-state index contributed by atoms with van der Waals surface area (Å²) >= 11 is 6.65. The summed E-state index contributed by atoms with van der Waals surface area (Å²) in [5.74, 6) is 0.772. The predicted molar refractivity (Wildman–Crippen MR) is 112 cm³/mol. The van der Waals surface area contributed by atoms with Crippen molar-refractivity contribution in [1.82, 2.24) is 5.32 Å². The van der Waals surface area contributed by atoms with Gasteiger partial charge in [0.25, 0.3) is 0 Å². The summed E-state index contributed by atoms with van der Waals surface area (Å²) in [6.45, 7) is 4.24. The standard InChI is InChI=1S/C19H23NO3S3/c1-3-25-19(24)20-18(14-23-13-16-7-5-4-6-8-16)26(21,22)17-11-9-15(2)10-12-17/h4-12,18H,3,13-14H2,1-2H3,(H,20,24). The number of rotatable bonds is 8. The maximum atomic E-state index is 13.0. The largest absolute Gasteiger partial charge is 0.374 e. The van der Waals surface area contributed by atoms with Gasteiger partial charge in [0, 0.05) is 0 Å². The van der Waals surface area contributed by atoms with Crippen LogP contribution in [0.2, 0.25) is 0 Å². The van der Waals surface area contributed by atoms with E-state index in [0.717, 1.165) is 16.9 Å². The summed E-state index contributed by atoms with van der Waals surface area (Å²) < 4.78 is 32.2. The molecule has 26 heavy (non-hydrogen) atoms. The van der Waals surface area contributed by atoms with E-state index in [2.05, 4.69) is 5.32 Å². The van der Waals surface area contributed by atoms with Crippen LogP contribution in [-0.2, 0) is 21.2 Å². The first kappa shape index (κ1) is 20.9. The van der Waals surface area contributed by atoms with E-state index in [1.54, 1.807) is 24.3 Å². The predicted octanol–water partition coefficient (Wildman–Crippen LogP) is 3.94. The number of thioether (sulfide) groups is 1. The Morgan fingerprint density at radius 3 is 2.42 bits per heavy atom. The Balaban J connectivity index is 2.13. The van der Waals surface area contributed by atoms with Crippen LogP contribution in [0.1, 0.15) is 18.1 Å². The van der Waals surface area contributed by atoms with Gasteiger partial charge in [-0.15, -0.1) is 0 Å². The average Bonchev–Trinajstić information content (AvgIpc) is 2.62. The van der Waals surface area contributed by atoms with E-state index < -0.39 is 15.2 Å². The number of hydrogen-bond donors (Lipinski definition) is 1. The number of ether oxygens (including phenoxy) is 1. The molecule has 0 amide bonds. The lowest BCUT2D eigenvalue weighted by molar-refractivity contribution is 0.118. The molecule has 0 spiro atoms. The van der Waals surface area contributed by atoms with E-state index in [9.17, 15) is 8.42 Å². The molecule has 0 bridgehead atoms. The lowest BCUT2D eigenvalue weighted by Crippen LogP contribution is -2.42. The highest BCUT2D eigenvalue weighted by molar-refractivity contribution is 8.23. The normalized spacial score (nSPS) is 12.5. The topological polar surface area (TPSA) is 55.4 Å². The first-order chi connectivity index (χ1) is 12.4. The molecule has 1 unspecified atom stereocenters. The summed E-state index contributed by atoms with van der Waals surface area (Å²) in [5, 5.41) is 2.01. The molecule has 0 saturated carbocycles. The molecule has 1 atom stereocenters. The van der Waals surface area contributed by atoms with Gasteiger partial charge in [-0.1, -0.05) is 78.9 Å². The van der Waals surface area contributed by atoms with Gasteiger partial charge in [0.1, 0.15) is 4.32 Å². The van der Waals surface area contributed by atoms with E-state index >= 15 is 0 Å². The van der Waals surface area contributed by atoms with Crippen molar-refractivity contribution in [2.75, 3.05) is 12.4 Å². The van der Waals surface area contributed by atoms with Crippen molar-refractivity contribution in [2.45, 2.75) is 30.7 Å². The number of sulfone groups is 1. The summed E-state index contributed by atoms with van der Waals surface area (Å²) in [6, 6.07) is 16.5. The average molecular weight is 410 g/mol. The van der Waals surface area contributed by atoms with Crippen LogP contribution in [0.4, 0.5) is 0 Å². The van der Waals surface area contributed by atoms with E-state index in [1.807, 2.05) is 44.2 Å². The van der Waals surface area contributed by atoms with E-state index in [0.29, 0.717) is 10.9 Å². The molecule has 1 N–H and O–H groups in total. The van der Waals surface area contributed by atoms with Crippen molar-refractivity contribution in [3.05, 3.63) is 65.7 Å². The second kappa shape index (κ2) is 10.1. The molecule has 0 aliphatic heterocycles. The molecule has 0 saturated heterocycles. The van der Waals surface area contributed by atoms with E-state index in [1.165, 1.54) is 11.8 Å². The lowest BCUT2D eigenvalue weighted by atomic mass is 10.2. The van der Waals surface area contributed by atoms with Crippen molar-refractivity contribution in [3.8, 4) is 0 Å². The Hall–Kier alpha value is -1.41. The van der Waals surface area contributed by atoms with Gasteiger partial charge in [-0.05, 0) is 30.4 Å². The second-order valence-electron chi connectivity index (χ2n) is 5.71. The zero-order valence-corrected chi connectivity index (χ0v) is 17.3. The molecule has 0 radical (unpaired) electrons. The fraction of sp³-hybridized carbons (Fsp3) is 0.316. The first-order valence-electron chi connectivity index (χ1n) is 8.29. The van der Waals surface area contributed by atoms with E-state index in [4.69, 9.17) is 17.0 Å². The molecule has 140 valence electrons. The Bertz CT molecular complexity index is 806. The summed E-state index contributed by atoms with van der Waals surface area (Å²) in [6.07, 6.45) is 0. The van der Waals surface area contributed by atoms with Gasteiger partial charge in [-0.2, -0.15) is 0 Å². The SMILES string of the molecule is CCSC(=S)NC(COCc1ccccc1)S(=O)(=O)c1ccc(C)cc1. The summed E-state index contributed by atoms with van der Waals surface area (Å²) in [4.78, 5) is 0.258. The van der Waals surface area contributed by atoms with Crippen molar-refractivity contribution in [2.24, 2.45) is 0 Å². The number of hydrogen-bond acceptors (Lipinski definition) is 5. The highest BCUT2D eigenvalue weighted by atomic mass is 32.2.